The van der Waals surface area contributed by atoms with Crippen LogP contribution in [0.3, 0.4) is 0 Å². The highest BCUT2D eigenvalue weighted by atomic mass is 16.6. The first-order valence-corrected chi connectivity index (χ1v) is 14.8. The maximum atomic E-state index is 7.19. The second kappa shape index (κ2) is 7.99. The van der Waals surface area contributed by atoms with Crippen LogP contribution in [0.4, 0.5) is 0 Å². The molecule has 0 amide bonds. The normalized spacial score (nSPS) is 40.1. The molecule has 1 unspecified atom stereocenters. The van der Waals surface area contributed by atoms with Crippen LogP contribution in [-0.4, -0.2) is 56.6 Å². The summed E-state index contributed by atoms with van der Waals surface area (Å²) in [4.78, 5) is 2.90. The zero-order valence-corrected chi connectivity index (χ0v) is 23.1. The maximum Gasteiger partial charge on any atom is 0.165 e. The van der Waals surface area contributed by atoms with E-state index in [2.05, 4.69) is 54.3 Å². The van der Waals surface area contributed by atoms with Gasteiger partial charge in [-0.25, -0.2) is 0 Å². The molecule has 5 heteroatoms. The monoisotopic (exact) mass is 515 g/mol. The van der Waals surface area contributed by atoms with Gasteiger partial charge in [-0.3, -0.25) is 4.90 Å². The quantitative estimate of drug-likeness (QED) is 0.463. The van der Waals surface area contributed by atoms with Crippen LogP contribution in [0.1, 0.15) is 62.1 Å². The van der Waals surface area contributed by atoms with Gasteiger partial charge in [-0.2, -0.15) is 0 Å². The van der Waals surface area contributed by atoms with E-state index in [1.165, 1.54) is 49.0 Å². The lowest BCUT2D eigenvalue weighted by Gasteiger charge is -2.76. The Morgan fingerprint density at radius 3 is 2.63 bits per heavy atom. The average Bonchev–Trinajstić information content (AvgIpc) is 3.68. The van der Waals surface area contributed by atoms with Crippen LogP contribution in [-0.2, 0) is 27.9 Å². The Hall–Kier alpha value is -2.08. The highest BCUT2D eigenvalue weighted by molar-refractivity contribution is 5.64. The summed E-state index contributed by atoms with van der Waals surface area (Å²) in [6, 6.07) is 15.6. The number of hydrogen-bond acceptors (Lipinski definition) is 5. The Morgan fingerprint density at radius 1 is 1.03 bits per heavy atom. The Balaban J connectivity index is 1.25. The molecule has 1 saturated heterocycles. The summed E-state index contributed by atoms with van der Waals surface area (Å²) < 4.78 is 26.4. The van der Waals surface area contributed by atoms with Gasteiger partial charge >= 0.3 is 0 Å². The summed E-state index contributed by atoms with van der Waals surface area (Å²) in [6.45, 7) is 6.19. The molecular formula is C33H41NO4. The zero-order valence-electron chi connectivity index (χ0n) is 23.1. The van der Waals surface area contributed by atoms with E-state index < -0.39 is 5.60 Å². The second-order valence-corrected chi connectivity index (χ2v) is 13.5. The molecule has 4 bridgehead atoms. The molecule has 38 heavy (non-hydrogen) atoms. The Morgan fingerprint density at radius 2 is 1.87 bits per heavy atom. The molecule has 0 N–H and O–H groups in total. The molecule has 9 rings (SSSR count). The summed E-state index contributed by atoms with van der Waals surface area (Å²) >= 11 is 0. The smallest absolute Gasteiger partial charge is 0.165 e. The van der Waals surface area contributed by atoms with Crippen LogP contribution >= 0.6 is 0 Å². The predicted molar refractivity (Wildman–Crippen MR) is 146 cm³/mol. The lowest BCUT2D eigenvalue weighted by atomic mass is 9.32. The Labute approximate surface area is 226 Å². The van der Waals surface area contributed by atoms with Gasteiger partial charge in [0, 0.05) is 41.5 Å². The lowest BCUT2D eigenvalue weighted by Crippen LogP contribution is -2.83. The van der Waals surface area contributed by atoms with E-state index in [9.17, 15) is 0 Å². The largest absolute Gasteiger partial charge is 0.493 e. The molecule has 5 aliphatic carbocycles. The molecule has 2 aromatic rings. The molecule has 0 aromatic heterocycles. The van der Waals surface area contributed by atoms with Gasteiger partial charge in [0.2, 0.25) is 0 Å². The lowest BCUT2D eigenvalue weighted by molar-refractivity contribution is -0.314. The molecule has 7 aliphatic rings. The van der Waals surface area contributed by atoms with Crippen molar-refractivity contribution in [3.63, 3.8) is 0 Å². The van der Waals surface area contributed by atoms with E-state index in [4.69, 9.17) is 18.9 Å². The van der Waals surface area contributed by atoms with Crippen molar-refractivity contribution in [2.75, 3.05) is 33.9 Å². The van der Waals surface area contributed by atoms with Gasteiger partial charge in [-0.1, -0.05) is 43.3 Å². The van der Waals surface area contributed by atoms with Crippen molar-refractivity contribution in [2.45, 2.75) is 81.6 Å². The van der Waals surface area contributed by atoms with E-state index in [1.54, 1.807) is 7.11 Å². The molecular weight excluding hydrogens is 474 g/mol. The number of ether oxygens (including phenoxy) is 4. The van der Waals surface area contributed by atoms with E-state index in [1.807, 2.05) is 7.11 Å². The third-order valence-corrected chi connectivity index (χ3v) is 11.9. The van der Waals surface area contributed by atoms with Gasteiger partial charge in [-0.05, 0) is 74.6 Å². The molecule has 2 spiro atoms. The molecule has 5 fully saturated rings. The third kappa shape index (κ3) is 2.78. The summed E-state index contributed by atoms with van der Waals surface area (Å²) in [5.74, 6) is 2.79. The van der Waals surface area contributed by atoms with Crippen molar-refractivity contribution >= 4 is 0 Å². The Kier molecular flexibility index (Phi) is 5.00. The fraction of sp³-hybridized carbons (Fsp3) is 0.636. The molecule has 5 nitrogen and oxygen atoms in total. The molecule has 202 valence electrons. The fourth-order valence-electron chi connectivity index (χ4n) is 10.3. The summed E-state index contributed by atoms with van der Waals surface area (Å²) in [5.41, 5.74) is 3.80. The first-order chi connectivity index (χ1) is 18.5. The molecule has 6 atom stereocenters. The number of benzene rings is 2. The van der Waals surface area contributed by atoms with Gasteiger partial charge in [0.05, 0.1) is 20.3 Å². The first-order valence-electron chi connectivity index (χ1n) is 14.8. The topological polar surface area (TPSA) is 40.2 Å². The minimum absolute atomic E-state index is 0.0104. The van der Waals surface area contributed by atoms with E-state index >= 15 is 0 Å². The number of hydrogen-bond donors (Lipinski definition) is 0. The van der Waals surface area contributed by atoms with Crippen LogP contribution in [0.5, 0.6) is 11.5 Å². The molecule has 2 heterocycles. The van der Waals surface area contributed by atoms with Gasteiger partial charge in [0.25, 0.3) is 0 Å². The highest BCUT2D eigenvalue weighted by Gasteiger charge is 2.83. The fourth-order valence-corrected chi connectivity index (χ4v) is 10.3. The highest BCUT2D eigenvalue weighted by Crippen LogP contribution is 2.79. The van der Waals surface area contributed by atoms with Crippen molar-refractivity contribution in [3.05, 3.63) is 59.2 Å². The summed E-state index contributed by atoms with van der Waals surface area (Å²) in [6.07, 6.45) is 8.44. The standard InChI is InChI=1S/C33H41NO4/c1-30(21-37-19-23-7-5-4-6-8-23)20-31-13-14-33(30,36-3)29-32(31)15-16-34(18-22-9-10-22)26(31)17-24-11-12-25(35-2)28(38-29)27(24)32/h4-8,11-12,22,26,29H,9-10,13-21H2,1-3H3/t26-,29-,30-,31-,32+,33?/m1/s1. The van der Waals surface area contributed by atoms with E-state index in [0.717, 1.165) is 43.1 Å². The zero-order chi connectivity index (χ0) is 25.8. The second-order valence-electron chi connectivity index (χ2n) is 13.5. The van der Waals surface area contributed by atoms with E-state index in [-0.39, 0.29) is 22.3 Å². The summed E-state index contributed by atoms with van der Waals surface area (Å²) in [7, 11) is 3.71. The van der Waals surface area contributed by atoms with Gasteiger partial charge in [0.1, 0.15) is 11.7 Å². The average molecular weight is 516 g/mol. The van der Waals surface area contributed by atoms with Crippen LogP contribution in [0.15, 0.2) is 42.5 Å². The van der Waals surface area contributed by atoms with Crippen molar-refractivity contribution in [1.29, 1.82) is 0 Å². The molecule has 2 aromatic carbocycles. The molecule has 2 aliphatic heterocycles. The number of rotatable bonds is 8. The van der Waals surface area contributed by atoms with Crippen LogP contribution < -0.4 is 9.47 Å². The van der Waals surface area contributed by atoms with E-state index in [0.29, 0.717) is 19.3 Å². The van der Waals surface area contributed by atoms with Crippen molar-refractivity contribution in [3.8, 4) is 11.5 Å². The van der Waals surface area contributed by atoms with Gasteiger partial charge in [-0.15, -0.1) is 0 Å². The number of methoxy groups -OCH3 is 2. The van der Waals surface area contributed by atoms with Crippen LogP contribution in [0.2, 0.25) is 0 Å². The number of piperidine rings is 1. The van der Waals surface area contributed by atoms with Crippen LogP contribution in [0, 0.1) is 16.7 Å². The number of nitrogens with zero attached hydrogens (tertiary/aromatic N) is 1. The van der Waals surface area contributed by atoms with Crippen LogP contribution in [0.25, 0.3) is 0 Å². The minimum Gasteiger partial charge on any atom is -0.493 e. The molecule has 0 radical (unpaired) electrons. The number of fused-ring (bicyclic) bond motifs is 2. The van der Waals surface area contributed by atoms with Crippen molar-refractivity contribution in [2.24, 2.45) is 16.7 Å². The predicted octanol–water partition coefficient (Wildman–Crippen LogP) is 5.53. The van der Waals surface area contributed by atoms with Gasteiger partial charge < -0.3 is 18.9 Å². The van der Waals surface area contributed by atoms with Gasteiger partial charge in [0.15, 0.2) is 11.5 Å². The number of likely N-dealkylation sites (tertiary alicyclic amines) is 1. The van der Waals surface area contributed by atoms with Crippen molar-refractivity contribution < 1.29 is 18.9 Å². The summed E-state index contributed by atoms with van der Waals surface area (Å²) in [5, 5.41) is 0. The minimum atomic E-state index is -0.396. The maximum absolute atomic E-state index is 7.19. The molecule has 4 saturated carbocycles. The first kappa shape index (κ1) is 23.8. The Bertz CT molecular complexity index is 1260. The SMILES string of the molecule is COc1ccc2c3c1O[C@H]1C4(OC)CC[C@@]5(C[C@]4(C)COCc4ccccc4)[C@@H](C2)N(CC2CC2)CC[C@]315. The third-order valence-electron chi connectivity index (χ3n) is 11.9. The van der Waals surface area contributed by atoms with Crippen molar-refractivity contribution in [1.82, 2.24) is 4.90 Å².